The second kappa shape index (κ2) is 7.01. The molecule has 0 saturated carbocycles. The second-order valence-corrected chi connectivity index (χ2v) is 4.89. The molecule has 0 saturated heterocycles. The van der Waals surface area contributed by atoms with Gasteiger partial charge in [-0.15, -0.1) is 0 Å². The van der Waals surface area contributed by atoms with E-state index in [2.05, 4.69) is 5.32 Å². The second-order valence-electron chi connectivity index (χ2n) is 4.89. The Kier molecular flexibility index (Phi) is 5.63. The van der Waals surface area contributed by atoms with Crippen molar-refractivity contribution in [2.75, 3.05) is 7.11 Å². The molecule has 0 aromatic heterocycles. The highest BCUT2D eigenvalue weighted by Gasteiger charge is 2.24. The van der Waals surface area contributed by atoms with Crippen molar-refractivity contribution in [3.63, 3.8) is 0 Å². The topological polar surface area (TPSA) is 75.6 Å². The molecule has 0 bridgehead atoms. The van der Waals surface area contributed by atoms with E-state index in [4.69, 9.17) is 9.84 Å². The Labute approximate surface area is 120 Å². The van der Waals surface area contributed by atoms with E-state index in [1.54, 1.807) is 13.8 Å². The van der Waals surface area contributed by atoms with E-state index < -0.39 is 35.1 Å². The van der Waals surface area contributed by atoms with Crippen molar-refractivity contribution < 1.29 is 28.2 Å². The summed E-state index contributed by atoms with van der Waals surface area (Å²) in [6.07, 6.45) is -0.331. The van der Waals surface area contributed by atoms with Crippen LogP contribution < -0.4 is 10.1 Å². The fourth-order valence-corrected chi connectivity index (χ4v) is 1.77. The molecule has 0 radical (unpaired) electrons. The Hall–Kier alpha value is -2.18. The van der Waals surface area contributed by atoms with E-state index in [1.165, 1.54) is 7.11 Å². The minimum atomic E-state index is -1.11. The van der Waals surface area contributed by atoms with Crippen molar-refractivity contribution in [1.82, 2.24) is 5.32 Å². The molecule has 2 N–H and O–H groups in total. The van der Waals surface area contributed by atoms with Crippen LogP contribution in [0.25, 0.3) is 0 Å². The highest BCUT2D eigenvalue weighted by molar-refractivity contribution is 5.95. The quantitative estimate of drug-likeness (QED) is 0.844. The average Bonchev–Trinajstić information content (AvgIpc) is 2.36. The van der Waals surface area contributed by atoms with Crippen LogP contribution in [0.15, 0.2) is 12.1 Å². The Morgan fingerprint density at radius 3 is 2.19 bits per heavy atom. The fraction of sp³-hybridized carbons (Fsp3) is 0.429. The van der Waals surface area contributed by atoms with Gasteiger partial charge in [-0.3, -0.25) is 9.59 Å². The number of nitrogens with one attached hydrogen (secondary N) is 1. The number of carbonyl (C=O) groups is 2. The van der Waals surface area contributed by atoms with Crippen LogP contribution in [0.4, 0.5) is 8.78 Å². The molecule has 0 heterocycles. The molecule has 7 heteroatoms. The third-order valence-electron chi connectivity index (χ3n) is 2.99. The Balaban J connectivity index is 3.00. The highest BCUT2D eigenvalue weighted by Crippen LogP contribution is 2.21. The Morgan fingerprint density at radius 1 is 1.29 bits per heavy atom. The normalized spacial score (nSPS) is 12.1. The van der Waals surface area contributed by atoms with Gasteiger partial charge in [0.05, 0.1) is 13.5 Å². The zero-order chi connectivity index (χ0) is 16.2. The number of amides is 1. The van der Waals surface area contributed by atoms with Gasteiger partial charge in [0.25, 0.3) is 5.91 Å². The van der Waals surface area contributed by atoms with Gasteiger partial charge in [-0.1, -0.05) is 13.8 Å². The SMILES string of the molecule is COc1cc(F)c(C(=O)N[C@@H](CC(=O)O)C(C)C)c(F)c1. The monoisotopic (exact) mass is 301 g/mol. The Bertz CT molecular complexity index is 523. The van der Waals surface area contributed by atoms with Crippen molar-refractivity contribution in [2.45, 2.75) is 26.3 Å². The van der Waals surface area contributed by atoms with E-state index in [0.717, 1.165) is 12.1 Å². The fourth-order valence-electron chi connectivity index (χ4n) is 1.77. The third kappa shape index (κ3) is 4.40. The van der Waals surface area contributed by atoms with Crippen molar-refractivity contribution in [1.29, 1.82) is 0 Å². The van der Waals surface area contributed by atoms with E-state index in [1.807, 2.05) is 0 Å². The maximum Gasteiger partial charge on any atom is 0.305 e. The summed E-state index contributed by atoms with van der Waals surface area (Å²) in [6, 6.07) is 1.05. The van der Waals surface area contributed by atoms with Gasteiger partial charge in [-0.25, -0.2) is 8.78 Å². The number of carbonyl (C=O) groups excluding carboxylic acids is 1. The van der Waals surface area contributed by atoms with Gasteiger partial charge in [0.2, 0.25) is 0 Å². The summed E-state index contributed by atoms with van der Waals surface area (Å²) >= 11 is 0. The number of ether oxygens (including phenoxy) is 1. The van der Waals surface area contributed by atoms with Crippen LogP contribution in [-0.2, 0) is 4.79 Å². The first-order valence-electron chi connectivity index (χ1n) is 6.32. The number of methoxy groups -OCH3 is 1. The van der Waals surface area contributed by atoms with E-state index in [-0.39, 0.29) is 18.1 Å². The number of carboxylic acids is 1. The maximum absolute atomic E-state index is 13.8. The smallest absolute Gasteiger partial charge is 0.305 e. The molecule has 0 aliphatic heterocycles. The largest absolute Gasteiger partial charge is 0.497 e. The van der Waals surface area contributed by atoms with Crippen molar-refractivity contribution in [3.05, 3.63) is 29.3 Å². The molecular weight excluding hydrogens is 284 g/mol. The molecule has 0 aliphatic rings. The number of aliphatic carboxylic acids is 1. The Morgan fingerprint density at radius 2 is 1.81 bits per heavy atom. The van der Waals surface area contributed by atoms with Crippen molar-refractivity contribution in [3.8, 4) is 5.75 Å². The number of rotatable bonds is 6. The van der Waals surface area contributed by atoms with Gasteiger partial charge >= 0.3 is 5.97 Å². The molecule has 5 nitrogen and oxygen atoms in total. The third-order valence-corrected chi connectivity index (χ3v) is 2.99. The molecule has 1 atom stereocenters. The van der Waals surface area contributed by atoms with Gasteiger partial charge in [-0.2, -0.15) is 0 Å². The lowest BCUT2D eigenvalue weighted by Crippen LogP contribution is -2.40. The van der Waals surface area contributed by atoms with Gasteiger partial charge in [-0.05, 0) is 5.92 Å². The summed E-state index contributed by atoms with van der Waals surface area (Å²) in [5.74, 6) is -4.48. The number of benzene rings is 1. The molecule has 0 aliphatic carbocycles. The lowest BCUT2D eigenvalue weighted by atomic mass is 10.0. The molecule has 0 unspecified atom stereocenters. The zero-order valence-electron chi connectivity index (χ0n) is 11.9. The van der Waals surface area contributed by atoms with E-state index in [9.17, 15) is 18.4 Å². The van der Waals surface area contributed by atoms with Crippen LogP contribution in [0.5, 0.6) is 5.75 Å². The molecular formula is C14H17F2NO4. The number of hydrogen-bond acceptors (Lipinski definition) is 3. The summed E-state index contributed by atoms with van der Waals surface area (Å²) in [6.45, 7) is 3.41. The first-order valence-corrected chi connectivity index (χ1v) is 6.32. The van der Waals surface area contributed by atoms with Gasteiger partial charge in [0, 0.05) is 18.2 Å². The zero-order valence-corrected chi connectivity index (χ0v) is 11.9. The van der Waals surface area contributed by atoms with Crippen LogP contribution in [0.1, 0.15) is 30.6 Å². The molecule has 0 fully saturated rings. The van der Waals surface area contributed by atoms with Gasteiger partial charge in [0.1, 0.15) is 22.9 Å². The number of carboxylic acid groups (broad SMARTS) is 1. The molecule has 116 valence electrons. The van der Waals surface area contributed by atoms with Gasteiger partial charge in [0.15, 0.2) is 0 Å². The van der Waals surface area contributed by atoms with Gasteiger partial charge < -0.3 is 15.2 Å². The molecule has 1 aromatic carbocycles. The minimum Gasteiger partial charge on any atom is -0.497 e. The van der Waals surface area contributed by atoms with Crippen LogP contribution in [0.2, 0.25) is 0 Å². The maximum atomic E-state index is 13.8. The first kappa shape index (κ1) is 16.9. The standard InChI is InChI=1S/C14H17F2NO4/c1-7(2)11(6-12(18)19)17-14(20)13-9(15)4-8(21-3)5-10(13)16/h4-5,7,11H,6H2,1-3H3,(H,17,20)(H,18,19)/t11-/m0/s1. The number of hydrogen-bond donors (Lipinski definition) is 2. The van der Waals surface area contributed by atoms with E-state index in [0.29, 0.717) is 0 Å². The molecule has 0 spiro atoms. The van der Waals surface area contributed by atoms with Crippen LogP contribution in [0, 0.1) is 17.6 Å². The summed E-state index contributed by atoms with van der Waals surface area (Å²) in [5.41, 5.74) is -0.758. The summed E-state index contributed by atoms with van der Waals surface area (Å²) < 4.78 is 32.2. The summed E-state index contributed by atoms with van der Waals surface area (Å²) in [5, 5.41) is 11.1. The van der Waals surface area contributed by atoms with Crippen LogP contribution >= 0.6 is 0 Å². The van der Waals surface area contributed by atoms with Crippen molar-refractivity contribution in [2.24, 2.45) is 5.92 Å². The molecule has 21 heavy (non-hydrogen) atoms. The molecule has 1 amide bonds. The average molecular weight is 301 g/mol. The van der Waals surface area contributed by atoms with E-state index >= 15 is 0 Å². The minimum absolute atomic E-state index is 0.0486. The summed E-state index contributed by atoms with van der Waals surface area (Å²) in [4.78, 5) is 22.7. The predicted octanol–water partition coefficient (Wildman–Crippen LogP) is 2.20. The lowest BCUT2D eigenvalue weighted by molar-refractivity contribution is -0.137. The molecule has 1 aromatic rings. The predicted molar refractivity (Wildman–Crippen MR) is 71.3 cm³/mol. The van der Waals surface area contributed by atoms with Crippen molar-refractivity contribution >= 4 is 11.9 Å². The van der Waals surface area contributed by atoms with Crippen LogP contribution in [-0.4, -0.2) is 30.1 Å². The first-order chi connectivity index (χ1) is 9.76. The number of halogens is 2. The summed E-state index contributed by atoms with van der Waals surface area (Å²) in [7, 11) is 1.25. The highest BCUT2D eigenvalue weighted by atomic mass is 19.1. The van der Waals surface area contributed by atoms with Crippen LogP contribution in [0.3, 0.4) is 0 Å². The molecule has 1 rings (SSSR count). The lowest BCUT2D eigenvalue weighted by Gasteiger charge is -2.21.